The van der Waals surface area contributed by atoms with Gasteiger partial charge in [-0.05, 0) is 0 Å². The number of nitrogens with one attached hydrogen (secondary N) is 1. The Bertz CT molecular complexity index is 103. The lowest BCUT2D eigenvalue weighted by Crippen LogP contribution is -2.58. The Morgan fingerprint density at radius 1 is 0.818 bits per heavy atom. The normalized spacial score (nSPS) is 12.5. The van der Waals surface area contributed by atoms with Crippen LogP contribution in [0.4, 0.5) is 0 Å². The summed E-state index contributed by atoms with van der Waals surface area (Å²) in [5.41, 5.74) is 3.03. The Morgan fingerprint density at radius 2 is 1.27 bits per heavy atom. The Morgan fingerprint density at radius 3 is 1.36 bits per heavy atom. The zero-order valence-electron chi connectivity index (χ0n) is 8.29. The average Bonchev–Trinajstić information content (AvgIpc) is 1.88. The summed E-state index contributed by atoms with van der Waals surface area (Å²) >= 11 is 0. The fourth-order valence-electron chi connectivity index (χ4n) is 0.773. The topological polar surface area (TPSA) is 25.0 Å². The van der Waals surface area contributed by atoms with Crippen LogP contribution >= 0.6 is 0 Å². The predicted molar refractivity (Wildman–Crippen MR) is 46.0 cm³/mol. The predicted octanol–water partition coefficient (Wildman–Crippen LogP) is -0.777. The molecule has 0 fully saturated rings. The molecule has 5 nitrogen and oxygen atoms in total. The summed E-state index contributed by atoms with van der Waals surface area (Å²) in [5.74, 6) is 0. The lowest BCUT2D eigenvalue weighted by molar-refractivity contribution is -0.261. The van der Waals surface area contributed by atoms with E-state index in [9.17, 15) is 0 Å². The van der Waals surface area contributed by atoms with Crippen molar-refractivity contribution in [2.24, 2.45) is 0 Å². The second-order valence-electron chi connectivity index (χ2n) is 2.70. The highest BCUT2D eigenvalue weighted by atomic mass is 16.1. The van der Waals surface area contributed by atoms with E-state index >= 15 is 0 Å². The van der Waals surface area contributed by atoms with Crippen LogP contribution in [0.5, 0.6) is 0 Å². The van der Waals surface area contributed by atoms with Crippen LogP contribution in [0.2, 0.25) is 0 Å². The maximum atomic E-state index is 3.03. The van der Waals surface area contributed by atoms with Gasteiger partial charge in [0, 0.05) is 42.3 Å². The zero-order chi connectivity index (χ0) is 9.02. The van der Waals surface area contributed by atoms with Gasteiger partial charge in [0.05, 0.1) is 0 Å². The summed E-state index contributed by atoms with van der Waals surface area (Å²) < 4.78 is 0. The summed E-state index contributed by atoms with van der Waals surface area (Å²) in [6.45, 7) is 0. The average molecular weight is 161 g/mol. The van der Waals surface area contributed by atoms with Gasteiger partial charge in [0.2, 0.25) is 0 Å². The fourth-order valence-corrected chi connectivity index (χ4v) is 0.773. The van der Waals surface area contributed by atoms with Crippen molar-refractivity contribution in [1.29, 1.82) is 0 Å². The van der Waals surface area contributed by atoms with Crippen LogP contribution < -0.4 is 5.43 Å². The third-order valence-corrected chi connectivity index (χ3v) is 1.43. The van der Waals surface area contributed by atoms with Crippen LogP contribution in [0.1, 0.15) is 0 Å². The summed E-state index contributed by atoms with van der Waals surface area (Å²) in [6.07, 6.45) is 0. The van der Waals surface area contributed by atoms with E-state index in [0.29, 0.717) is 0 Å². The van der Waals surface area contributed by atoms with Gasteiger partial charge in [-0.15, -0.1) is 0 Å². The van der Waals surface area contributed by atoms with Gasteiger partial charge in [-0.25, -0.2) is 15.4 Å². The number of hydrazine groups is 4. The molecule has 0 aromatic rings. The number of hydrogen-bond donors (Lipinski definition) is 1. The first-order valence-corrected chi connectivity index (χ1v) is 3.56. The van der Waals surface area contributed by atoms with Crippen LogP contribution in [0.25, 0.3) is 0 Å². The highest BCUT2D eigenvalue weighted by Crippen LogP contribution is 1.93. The van der Waals surface area contributed by atoms with Gasteiger partial charge < -0.3 is 0 Å². The van der Waals surface area contributed by atoms with E-state index in [1.165, 1.54) is 0 Å². The van der Waals surface area contributed by atoms with Crippen LogP contribution in [0.15, 0.2) is 0 Å². The smallest absolute Gasteiger partial charge is 0.0207 e. The van der Waals surface area contributed by atoms with E-state index in [2.05, 4.69) is 5.43 Å². The van der Waals surface area contributed by atoms with E-state index in [1.54, 1.807) is 0 Å². The highest BCUT2D eigenvalue weighted by molar-refractivity contribution is 4.33. The zero-order valence-corrected chi connectivity index (χ0v) is 8.29. The molecule has 0 unspecified atom stereocenters. The fraction of sp³-hybridized carbons (Fsp3) is 1.00. The van der Waals surface area contributed by atoms with E-state index < -0.39 is 0 Å². The number of nitrogens with zero attached hydrogens (tertiary/aromatic N) is 4. The standard InChI is InChI=1S/C6H19N5/c1-7-11(9(4)5)10(6)8(2)3/h7H,1-6H3. The van der Waals surface area contributed by atoms with Gasteiger partial charge in [0.1, 0.15) is 0 Å². The first-order chi connectivity index (χ1) is 5.00. The molecule has 0 amide bonds. The van der Waals surface area contributed by atoms with E-state index in [-0.39, 0.29) is 0 Å². The van der Waals surface area contributed by atoms with Crippen LogP contribution in [0, 0.1) is 0 Å². The van der Waals surface area contributed by atoms with Gasteiger partial charge in [-0.3, -0.25) is 0 Å². The minimum atomic E-state index is 1.88. The molecule has 5 heteroatoms. The largest absolute Gasteiger partial charge is 0.232 e. The van der Waals surface area contributed by atoms with E-state index in [4.69, 9.17) is 0 Å². The number of rotatable bonds is 4. The van der Waals surface area contributed by atoms with Crippen LogP contribution in [0.3, 0.4) is 0 Å². The third-order valence-electron chi connectivity index (χ3n) is 1.43. The molecule has 0 aromatic heterocycles. The Labute approximate surface area is 69.0 Å². The molecule has 0 spiro atoms. The molecule has 68 valence electrons. The maximum Gasteiger partial charge on any atom is 0.0207 e. The molecule has 0 atom stereocenters. The molecule has 1 N–H and O–H groups in total. The molecule has 0 aliphatic carbocycles. The molecule has 0 rings (SSSR count). The van der Waals surface area contributed by atoms with Crippen molar-refractivity contribution in [1.82, 2.24) is 25.8 Å². The highest BCUT2D eigenvalue weighted by Gasteiger charge is 2.12. The summed E-state index contributed by atoms with van der Waals surface area (Å²) in [7, 11) is 11.7. The quantitative estimate of drug-likeness (QED) is 0.546. The van der Waals surface area contributed by atoms with Crippen LogP contribution in [-0.4, -0.2) is 62.6 Å². The minimum absolute atomic E-state index is 1.88. The molecule has 0 aliphatic heterocycles. The van der Waals surface area contributed by atoms with Crippen molar-refractivity contribution in [3.05, 3.63) is 0 Å². The molecule has 0 saturated carbocycles. The Balaban J connectivity index is 4.02. The summed E-state index contributed by atoms with van der Waals surface area (Å²) in [4.78, 5) is 0. The Hall–Kier alpha value is -0.200. The van der Waals surface area contributed by atoms with E-state index in [1.807, 2.05) is 62.6 Å². The summed E-state index contributed by atoms with van der Waals surface area (Å²) in [5, 5.41) is 7.73. The van der Waals surface area contributed by atoms with Crippen molar-refractivity contribution in [3.8, 4) is 0 Å². The van der Waals surface area contributed by atoms with Gasteiger partial charge in [0.25, 0.3) is 0 Å². The first-order valence-electron chi connectivity index (χ1n) is 3.56. The van der Waals surface area contributed by atoms with Gasteiger partial charge in [-0.2, -0.15) is 5.12 Å². The second-order valence-corrected chi connectivity index (χ2v) is 2.70. The molecule has 0 aliphatic rings. The molecular weight excluding hydrogens is 142 g/mol. The Kier molecular flexibility index (Phi) is 4.55. The van der Waals surface area contributed by atoms with Crippen LogP contribution in [-0.2, 0) is 0 Å². The van der Waals surface area contributed by atoms with Crippen molar-refractivity contribution >= 4 is 0 Å². The van der Waals surface area contributed by atoms with Crippen molar-refractivity contribution in [2.45, 2.75) is 0 Å². The summed E-state index contributed by atoms with van der Waals surface area (Å²) in [6, 6.07) is 0. The van der Waals surface area contributed by atoms with Gasteiger partial charge in [-0.1, -0.05) is 5.23 Å². The monoisotopic (exact) mass is 161 g/mol. The molecular formula is C6H19N5. The minimum Gasteiger partial charge on any atom is -0.232 e. The van der Waals surface area contributed by atoms with Crippen molar-refractivity contribution < 1.29 is 0 Å². The van der Waals surface area contributed by atoms with Crippen molar-refractivity contribution in [3.63, 3.8) is 0 Å². The third kappa shape index (κ3) is 3.13. The van der Waals surface area contributed by atoms with Crippen molar-refractivity contribution in [2.75, 3.05) is 42.3 Å². The lowest BCUT2D eigenvalue weighted by Gasteiger charge is -2.38. The maximum absolute atomic E-state index is 3.03. The second kappa shape index (κ2) is 4.63. The molecule has 0 saturated heterocycles. The number of hydrogen-bond acceptors (Lipinski definition) is 5. The lowest BCUT2D eigenvalue weighted by atomic mass is 11.1. The molecule has 0 radical (unpaired) electrons. The molecule has 11 heavy (non-hydrogen) atoms. The molecule has 0 aromatic carbocycles. The van der Waals surface area contributed by atoms with Gasteiger partial charge >= 0.3 is 0 Å². The first kappa shape index (κ1) is 10.8. The SMILES string of the molecule is CNN(N(C)C)N(C)N(C)C. The van der Waals surface area contributed by atoms with Gasteiger partial charge in [0.15, 0.2) is 0 Å². The van der Waals surface area contributed by atoms with E-state index in [0.717, 1.165) is 0 Å². The molecule has 0 bridgehead atoms. The molecule has 0 heterocycles.